The Labute approximate surface area is 126 Å². The van der Waals surface area contributed by atoms with Gasteiger partial charge in [0.15, 0.2) is 5.96 Å². The maximum Gasteiger partial charge on any atom is 0.191 e. The van der Waals surface area contributed by atoms with Crippen molar-refractivity contribution in [3.8, 4) is 5.75 Å². The topological polar surface area (TPSA) is 45.7 Å². The molecule has 0 heterocycles. The van der Waals surface area contributed by atoms with Gasteiger partial charge in [0.1, 0.15) is 11.9 Å². The molecule has 1 aromatic carbocycles. The van der Waals surface area contributed by atoms with Crippen LogP contribution in [0.2, 0.25) is 5.02 Å². The monoisotopic (exact) mass is 297 g/mol. The van der Waals surface area contributed by atoms with Crippen molar-refractivity contribution in [2.75, 3.05) is 13.1 Å². The number of halogens is 1. The normalized spacial score (nSPS) is 13.2. The summed E-state index contributed by atoms with van der Waals surface area (Å²) in [6.07, 6.45) is -0.0175. The number of ether oxygens (including phenoxy) is 1. The SMILES string of the molecule is CCNC(=NCC(C)Oc1cccc(Cl)c1)NC(C)C. The fourth-order valence-electron chi connectivity index (χ4n) is 1.62. The van der Waals surface area contributed by atoms with E-state index in [9.17, 15) is 0 Å². The molecule has 1 unspecified atom stereocenters. The van der Waals surface area contributed by atoms with Crippen LogP contribution in [0.3, 0.4) is 0 Å². The average molecular weight is 298 g/mol. The van der Waals surface area contributed by atoms with E-state index in [-0.39, 0.29) is 6.10 Å². The molecule has 112 valence electrons. The van der Waals surface area contributed by atoms with Crippen LogP contribution in [-0.2, 0) is 0 Å². The third kappa shape index (κ3) is 6.66. The fraction of sp³-hybridized carbons (Fsp3) is 0.533. The van der Waals surface area contributed by atoms with Gasteiger partial charge in [0, 0.05) is 17.6 Å². The number of nitrogens with one attached hydrogen (secondary N) is 2. The Bertz CT molecular complexity index is 435. The van der Waals surface area contributed by atoms with Gasteiger partial charge in [-0.3, -0.25) is 0 Å². The number of hydrogen-bond donors (Lipinski definition) is 2. The van der Waals surface area contributed by atoms with Crippen molar-refractivity contribution in [2.24, 2.45) is 4.99 Å². The molecule has 0 aromatic heterocycles. The van der Waals surface area contributed by atoms with Crippen LogP contribution >= 0.6 is 11.6 Å². The maximum atomic E-state index is 5.93. The summed E-state index contributed by atoms with van der Waals surface area (Å²) in [5.74, 6) is 1.58. The van der Waals surface area contributed by atoms with E-state index in [1.54, 1.807) is 6.07 Å². The molecule has 2 N–H and O–H groups in total. The van der Waals surface area contributed by atoms with Gasteiger partial charge in [0.25, 0.3) is 0 Å². The standard InChI is InChI=1S/C15H24ClN3O/c1-5-17-15(19-11(2)3)18-10-12(4)20-14-8-6-7-13(16)9-14/h6-9,11-12H,5,10H2,1-4H3,(H2,17,18,19). The highest BCUT2D eigenvalue weighted by atomic mass is 35.5. The predicted octanol–water partition coefficient (Wildman–Crippen LogP) is 3.07. The first-order valence-corrected chi connectivity index (χ1v) is 7.36. The number of guanidine groups is 1. The Kier molecular flexibility index (Phi) is 7.23. The summed E-state index contributed by atoms with van der Waals surface area (Å²) in [5.41, 5.74) is 0. The molecule has 0 radical (unpaired) electrons. The Morgan fingerprint density at radius 2 is 2.10 bits per heavy atom. The minimum atomic E-state index is -0.0175. The molecule has 0 aliphatic heterocycles. The summed E-state index contributed by atoms with van der Waals surface area (Å²) in [6.45, 7) is 9.61. The van der Waals surface area contributed by atoms with E-state index in [1.807, 2.05) is 32.0 Å². The predicted molar refractivity (Wildman–Crippen MR) is 85.8 cm³/mol. The van der Waals surface area contributed by atoms with Crippen LogP contribution in [0.4, 0.5) is 0 Å². The van der Waals surface area contributed by atoms with Gasteiger partial charge in [0.2, 0.25) is 0 Å². The van der Waals surface area contributed by atoms with Crippen molar-refractivity contribution in [1.29, 1.82) is 0 Å². The Morgan fingerprint density at radius 1 is 1.35 bits per heavy atom. The lowest BCUT2D eigenvalue weighted by atomic mass is 10.3. The first-order valence-electron chi connectivity index (χ1n) is 6.98. The molecule has 4 nitrogen and oxygen atoms in total. The van der Waals surface area contributed by atoms with Crippen molar-refractivity contribution in [2.45, 2.75) is 39.8 Å². The quantitative estimate of drug-likeness (QED) is 0.626. The number of benzene rings is 1. The van der Waals surface area contributed by atoms with E-state index in [1.165, 1.54) is 0 Å². The van der Waals surface area contributed by atoms with Crippen LogP contribution in [0.15, 0.2) is 29.3 Å². The van der Waals surface area contributed by atoms with Crippen LogP contribution < -0.4 is 15.4 Å². The molecule has 0 aliphatic rings. The lowest BCUT2D eigenvalue weighted by molar-refractivity contribution is 0.230. The van der Waals surface area contributed by atoms with E-state index in [0.29, 0.717) is 17.6 Å². The molecule has 5 heteroatoms. The van der Waals surface area contributed by atoms with Crippen molar-refractivity contribution >= 4 is 17.6 Å². The van der Waals surface area contributed by atoms with Gasteiger partial charge in [-0.1, -0.05) is 17.7 Å². The molecule has 1 atom stereocenters. The van der Waals surface area contributed by atoms with Gasteiger partial charge in [-0.15, -0.1) is 0 Å². The highest BCUT2D eigenvalue weighted by molar-refractivity contribution is 6.30. The summed E-state index contributed by atoms with van der Waals surface area (Å²) in [7, 11) is 0. The van der Waals surface area contributed by atoms with E-state index in [0.717, 1.165) is 18.3 Å². The Morgan fingerprint density at radius 3 is 2.70 bits per heavy atom. The zero-order chi connectivity index (χ0) is 15.0. The lowest BCUT2D eigenvalue weighted by Crippen LogP contribution is -2.41. The van der Waals surface area contributed by atoms with Crippen molar-refractivity contribution in [3.05, 3.63) is 29.3 Å². The molecule has 20 heavy (non-hydrogen) atoms. The van der Waals surface area contributed by atoms with E-state index >= 15 is 0 Å². The van der Waals surface area contributed by atoms with Gasteiger partial charge >= 0.3 is 0 Å². The molecular weight excluding hydrogens is 274 g/mol. The second-order valence-corrected chi connectivity index (χ2v) is 5.34. The summed E-state index contributed by atoms with van der Waals surface area (Å²) >= 11 is 5.93. The minimum Gasteiger partial charge on any atom is -0.489 e. The number of hydrogen-bond acceptors (Lipinski definition) is 2. The molecule has 1 aromatic rings. The van der Waals surface area contributed by atoms with Crippen LogP contribution in [0.5, 0.6) is 5.75 Å². The van der Waals surface area contributed by atoms with Crippen LogP contribution in [0, 0.1) is 0 Å². The first-order chi connectivity index (χ1) is 9.51. The highest BCUT2D eigenvalue weighted by Gasteiger charge is 2.05. The van der Waals surface area contributed by atoms with Crippen molar-refractivity contribution in [1.82, 2.24) is 10.6 Å². The molecule has 0 saturated heterocycles. The second kappa shape index (κ2) is 8.69. The largest absolute Gasteiger partial charge is 0.489 e. The summed E-state index contributed by atoms with van der Waals surface area (Å²) in [4.78, 5) is 4.51. The van der Waals surface area contributed by atoms with Gasteiger partial charge in [-0.25, -0.2) is 4.99 Å². The Hall–Kier alpha value is -1.42. The molecule has 0 spiro atoms. The van der Waals surface area contributed by atoms with Gasteiger partial charge in [-0.05, 0) is 45.9 Å². The highest BCUT2D eigenvalue weighted by Crippen LogP contribution is 2.18. The molecule has 0 fully saturated rings. The molecule has 0 aliphatic carbocycles. The zero-order valence-corrected chi connectivity index (χ0v) is 13.4. The van der Waals surface area contributed by atoms with E-state index in [4.69, 9.17) is 16.3 Å². The van der Waals surface area contributed by atoms with Gasteiger partial charge in [-0.2, -0.15) is 0 Å². The fourth-order valence-corrected chi connectivity index (χ4v) is 1.80. The molecule has 1 rings (SSSR count). The van der Waals surface area contributed by atoms with Crippen LogP contribution in [0.1, 0.15) is 27.7 Å². The maximum absolute atomic E-state index is 5.93. The number of rotatable bonds is 6. The molecule has 0 amide bonds. The summed E-state index contributed by atoms with van der Waals surface area (Å²) in [6, 6.07) is 7.74. The third-order valence-corrected chi connectivity index (χ3v) is 2.64. The van der Waals surface area contributed by atoms with Crippen molar-refractivity contribution < 1.29 is 4.74 Å². The number of nitrogens with zero attached hydrogens (tertiary/aromatic N) is 1. The van der Waals surface area contributed by atoms with Crippen molar-refractivity contribution in [3.63, 3.8) is 0 Å². The van der Waals surface area contributed by atoms with E-state index < -0.39 is 0 Å². The van der Waals surface area contributed by atoms with Gasteiger partial charge in [0.05, 0.1) is 6.54 Å². The molecule has 0 bridgehead atoms. The second-order valence-electron chi connectivity index (χ2n) is 4.90. The lowest BCUT2D eigenvalue weighted by Gasteiger charge is -2.16. The average Bonchev–Trinajstić information content (AvgIpc) is 2.35. The zero-order valence-electron chi connectivity index (χ0n) is 12.6. The molecule has 0 saturated carbocycles. The first kappa shape index (κ1) is 16.6. The van der Waals surface area contributed by atoms with Crippen LogP contribution in [0.25, 0.3) is 0 Å². The number of aliphatic imine (C=N–C) groups is 1. The minimum absolute atomic E-state index is 0.0175. The molecular formula is C15H24ClN3O. The van der Waals surface area contributed by atoms with Gasteiger partial charge < -0.3 is 15.4 Å². The summed E-state index contributed by atoms with van der Waals surface area (Å²) < 4.78 is 5.78. The third-order valence-electron chi connectivity index (χ3n) is 2.41. The van der Waals surface area contributed by atoms with E-state index in [2.05, 4.69) is 29.5 Å². The van der Waals surface area contributed by atoms with Crippen LogP contribution in [-0.4, -0.2) is 31.2 Å². The Balaban J connectivity index is 2.53. The summed E-state index contributed by atoms with van der Waals surface area (Å²) in [5, 5.41) is 7.15. The smallest absolute Gasteiger partial charge is 0.191 e.